The number of ether oxygens (including phenoxy) is 2. The molecule has 0 saturated carbocycles. The van der Waals surface area contributed by atoms with E-state index in [-0.39, 0.29) is 12.5 Å². The van der Waals surface area contributed by atoms with Gasteiger partial charge in [-0.25, -0.2) is 0 Å². The van der Waals surface area contributed by atoms with Crippen molar-refractivity contribution in [1.82, 2.24) is 20.5 Å². The van der Waals surface area contributed by atoms with E-state index in [0.717, 1.165) is 41.3 Å². The lowest BCUT2D eigenvalue weighted by molar-refractivity contribution is -0.123. The number of fused-ring (bicyclic) bond motifs is 1. The van der Waals surface area contributed by atoms with Crippen LogP contribution in [0, 0.1) is 0 Å². The van der Waals surface area contributed by atoms with Crippen LogP contribution < -0.4 is 19.7 Å². The van der Waals surface area contributed by atoms with E-state index in [9.17, 15) is 4.79 Å². The maximum Gasteiger partial charge on any atom is 0.258 e. The number of amides is 1. The lowest BCUT2D eigenvalue weighted by atomic mass is 10.2. The number of hydrogen-bond donors (Lipinski definition) is 2. The number of aromatic amines is 1. The zero-order valence-corrected chi connectivity index (χ0v) is 15.8. The predicted molar refractivity (Wildman–Crippen MR) is 106 cm³/mol. The molecule has 0 spiro atoms. The summed E-state index contributed by atoms with van der Waals surface area (Å²) in [4.78, 5) is 17.5. The Bertz CT molecular complexity index is 948. The number of hydrogen-bond acceptors (Lipinski definition) is 6. The van der Waals surface area contributed by atoms with Gasteiger partial charge in [-0.2, -0.15) is 0 Å². The Hall–Kier alpha value is -3.29. The van der Waals surface area contributed by atoms with Crippen molar-refractivity contribution in [3.63, 3.8) is 0 Å². The molecule has 8 heteroatoms. The minimum Gasteiger partial charge on any atom is -0.497 e. The second-order valence-electron chi connectivity index (χ2n) is 6.74. The second kappa shape index (κ2) is 8.16. The monoisotopic (exact) mass is 381 g/mol. The van der Waals surface area contributed by atoms with E-state index < -0.39 is 0 Å². The molecule has 8 nitrogen and oxygen atoms in total. The number of H-pyrrole nitrogens is 1. The lowest BCUT2D eigenvalue weighted by Crippen LogP contribution is -2.28. The molecule has 146 valence electrons. The van der Waals surface area contributed by atoms with Gasteiger partial charge in [0.1, 0.15) is 5.75 Å². The van der Waals surface area contributed by atoms with Gasteiger partial charge in [-0.3, -0.25) is 4.79 Å². The summed E-state index contributed by atoms with van der Waals surface area (Å²) in [6.45, 7) is 2.31. The Morgan fingerprint density at radius 3 is 2.79 bits per heavy atom. The van der Waals surface area contributed by atoms with Crippen molar-refractivity contribution >= 4 is 22.6 Å². The van der Waals surface area contributed by atoms with Crippen LogP contribution in [0.5, 0.6) is 11.6 Å². The average Bonchev–Trinajstić information content (AvgIpc) is 3.40. The highest BCUT2D eigenvalue weighted by Crippen LogP contribution is 2.21. The van der Waals surface area contributed by atoms with Gasteiger partial charge in [0, 0.05) is 35.8 Å². The van der Waals surface area contributed by atoms with Crippen molar-refractivity contribution in [3.8, 4) is 11.6 Å². The minimum absolute atomic E-state index is 0.105. The largest absolute Gasteiger partial charge is 0.497 e. The zero-order chi connectivity index (χ0) is 19.3. The second-order valence-corrected chi connectivity index (χ2v) is 6.74. The summed E-state index contributed by atoms with van der Waals surface area (Å²) in [5, 5.41) is 12.1. The highest BCUT2D eigenvalue weighted by molar-refractivity contribution is 5.82. The molecule has 1 aliphatic rings. The summed E-state index contributed by atoms with van der Waals surface area (Å²) < 4.78 is 10.7. The Labute approximate surface area is 162 Å². The fraction of sp³-hybridized carbons (Fsp3) is 0.350. The Morgan fingerprint density at radius 2 is 2.04 bits per heavy atom. The van der Waals surface area contributed by atoms with Crippen LogP contribution in [0.4, 0.5) is 5.82 Å². The molecule has 0 atom stereocenters. The normalized spacial score (nSPS) is 13.7. The molecule has 0 radical (unpaired) electrons. The van der Waals surface area contributed by atoms with Crippen molar-refractivity contribution < 1.29 is 14.3 Å². The molecule has 3 aromatic rings. The van der Waals surface area contributed by atoms with E-state index in [1.165, 1.54) is 12.8 Å². The summed E-state index contributed by atoms with van der Waals surface area (Å²) in [6.07, 6.45) is 2.37. The number of benzene rings is 1. The lowest BCUT2D eigenvalue weighted by Gasteiger charge is -2.15. The number of nitrogens with one attached hydrogen (secondary N) is 2. The van der Waals surface area contributed by atoms with Crippen molar-refractivity contribution in [2.24, 2.45) is 0 Å². The summed E-state index contributed by atoms with van der Waals surface area (Å²) in [5.41, 5.74) is 1.90. The fourth-order valence-corrected chi connectivity index (χ4v) is 3.28. The van der Waals surface area contributed by atoms with E-state index >= 15 is 0 Å². The maximum absolute atomic E-state index is 12.1. The Balaban J connectivity index is 1.26. The summed E-state index contributed by atoms with van der Waals surface area (Å²) in [5.74, 6) is 1.77. The molecule has 2 N–H and O–H groups in total. The van der Waals surface area contributed by atoms with Crippen LogP contribution in [-0.4, -0.2) is 47.9 Å². The third-order valence-corrected chi connectivity index (χ3v) is 4.77. The molecule has 1 aromatic carbocycles. The highest BCUT2D eigenvalue weighted by Gasteiger charge is 2.14. The molecule has 1 aliphatic heterocycles. The third kappa shape index (κ3) is 4.16. The number of anilines is 1. The van der Waals surface area contributed by atoms with Gasteiger partial charge in [0.2, 0.25) is 5.88 Å². The molecule has 1 saturated heterocycles. The van der Waals surface area contributed by atoms with Gasteiger partial charge < -0.3 is 24.7 Å². The standard InChI is InChI=1S/C20H23N5O3/c1-27-16-4-5-17-14(11-16)10-15(22-17)12-21-19(26)13-28-20-7-6-18(23-24-20)25-8-2-3-9-25/h4-7,10-11,22H,2-3,8-9,12-13H2,1H3,(H,21,26). The molecule has 1 fully saturated rings. The molecular weight excluding hydrogens is 358 g/mol. The van der Waals surface area contributed by atoms with Crippen LogP contribution in [0.2, 0.25) is 0 Å². The number of carbonyl (C=O) groups excluding carboxylic acids is 1. The van der Waals surface area contributed by atoms with Gasteiger partial charge >= 0.3 is 0 Å². The first kappa shape index (κ1) is 18.1. The molecule has 0 aliphatic carbocycles. The number of rotatable bonds is 7. The smallest absolute Gasteiger partial charge is 0.258 e. The van der Waals surface area contributed by atoms with Crippen molar-refractivity contribution in [1.29, 1.82) is 0 Å². The number of nitrogens with zero attached hydrogens (tertiary/aromatic N) is 3. The molecule has 0 unspecified atom stereocenters. The van der Waals surface area contributed by atoms with Crippen molar-refractivity contribution in [2.45, 2.75) is 19.4 Å². The van der Waals surface area contributed by atoms with Crippen molar-refractivity contribution in [2.75, 3.05) is 31.7 Å². The molecular formula is C20H23N5O3. The topological polar surface area (TPSA) is 92.4 Å². The van der Waals surface area contributed by atoms with Crippen LogP contribution in [0.3, 0.4) is 0 Å². The van der Waals surface area contributed by atoms with E-state index in [1.54, 1.807) is 13.2 Å². The van der Waals surface area contributed by atoms with E-state index in [1.807, 2.05) is 30.3 Å². The van der Waals surface area contributed by atoms with Gasteiger partial charge in [-0.05, 0) is 43.2 Å². The van der Waals surface area contributed by atoms with Gasteiger partial charge in [0.05, 0.1) is 13.7 Å². The highest BCUT2D eigenvalue weighted by atomic mass is 16.5. The quantitative estimate of drug-likeness (QED) is 0.652. The number of aromatic nitrogens is 3. The molecule has 1 amide bonds. The SMILES string of the molecule is COc1ccc2[nH]c(CNC(=O)COc3ccc(N4CCCC4)nn3)cc2c1. The van der Waals surface area contributed by atoms with Crippen LogP contribution in [0.25, 0.3) is 10.9 Å². The summed E-state index contributed by atoms with van der Waals surface area (Å²) >= 11 is 0. The van der Waals surface area contributed by atoms with Gasteiger partial charge in [0.25, 0.3) is 5.91 Å². The zero-order valence-electron chi connectivity index (χ0n) is 15.8. The van der Waals surface area contributed by atoms with Gasteiger partial charge in [-0.15, -0.1) is 10.2 Å². The summed E-state index contributed by atoms with van der Waals surface area (Å²) in [7, 11) is 1.64. The van der Waals surface area contributed by atoms with Gasteiger partial charge in [0.15, 0.2) is 12.4 Å². The Morgan fingerprint density at radius 1 is 1.18 bits per heavy atom. The summed E-state index contributed by atoms with van der Waals surface area (Å²) in [6, 6.07) is 11.4. The molecule has 0 bridgehead atoms. The van der Waals surface area contributed by atoms with E-state index in [2.05, 4.69) is 25.4 Å². The van der Waals surface area contributed by atoms with Crippen LogP contribution in [0.1, 0.15) is 18.5 Å². The predicted octanol–water partition coefficient (Wildman–Crippen LogP) is 2.26. The van der Waals surface area contributed by atoms with Crippen molar-refractivity contribution in [3.05, 3.63) is 42.1 Å². The molecule has 3 heterocycles. The maximum atomic E-state index is 12.1. The van der Waals surface area contributed by atoms with Crippen LogP contribution >= 0.6 is 0 Å². The van der Waals surface area contributed by atoms with Crippen LogP contribution in [0.15, 0.2) is 36.4 Å². The average molecular weight is 381 g/mol. The van der Waals surface area contributed by atoms with E-state index in [0.29, 0.717) is 12.4 Å². The molecule has 4 rings (SSSR count). The van der Waals surface area contributed by atoms with Crippen LogP contribution in [-0.2, 0) is 11.3 Å². The first-order valence-electron chi connectivity index (χ1n) is 9.35. The molecule has 28 heavy (non-hydrogen) atoms. The third-order valence-electron chi connectivity index (χ3n) is 4.77. The number of carbonyl (C=O) groups is 1. The van der Waals surface area contributed by atoms with E-state index in [4.69, 9.17) is 9.47 Å². The number of methoxy groups -OCH3 is 1. The molecule has 2 aromatic heterocycles. The first-order valence-corrected chi connectivity index (χ1v) is 9.35. The first-order chi connectivity index (χ1) is 13.7. The van der Waals surface area contributed by atoms with Gasteiger partial charge in [-0.1, -0.05) is 0 Å². The minimum atomic E-state index is -0.221. The fourth-order valence-electron chi connectivity index (χ4n) is 3.28. The Kier molecular flexibility index (Phi) is 5.27.